The molecule has 0 spiro atoms. The van der Waals surface area contributed by atoms with E-state index in [1.165, 1.54) is 6.07 Å². The van der Waals surface area contributed by atoms with Gasteiger partial charge in [-0.1, -0.05) is 27.7 Å². The van der Waals surface area contributed by atoms with Crippen molar-refractivity contribution >= 4 is 17.6 Å². The van der Waals surface area contributed by atoms with Gasteiger partial charge in [-0.15, -0.1) is 0 Å². The molecule has 0 bridgehead atoms. The Morgan fingerprint density at radius 2 is 1.83 bits per heavy atom. The van der Waals surface area contributed by atoms with Crippen molar-refractivity contribution < 1.29 is 37.3 Å². The standard InChI is InChI=1S/C31H36F3N3O5/c1-29(2)27(30(3,4)28(29)42-22-10-8-19(16-35)24(15-22)31(32,33)34)37-17-20-14-21(9-11-23(20)26(37)40)36-12-6-5-7-13-41-18-25(38)39/h8-11,14-15,27-28,36H,5-7,12-13,17-18H2,1-4H3,(H,38,39). The Labute approximate surface area is 243 Å². The third kappa shape index (κ3) is 6.19. The third-order valence-corrected chi connectivity index (χ3v) is 8.20. The minimum atomic E-state index is -4.68. The number of anilines is 1. The average molecular weight is 588 g/mol. The predicted octanol–water partition coefficient (Wildman–Crippen LogP) is 6.10. The molecule has 1 saturated carbocycles. The summed E-state index contributed by atoms with van der Waals surface area (Å²) < 4.78 is 51.7. The van der Waals surface area contributed by atoms with E-state index in [1.54, 1.807) is 6.07 Å². The summed E-state index contributed by atoms with van der Waals surface area (Å²) in [5, 5.41) is 21.1. The Hall–Kier alpha value is -3.78. The van der Waals surface area contributed by atoms with Crippen molar-refractivity contribution in [2.45, 2.75) is 71.8 Å². The fourth-order valence-electron chi connectivity index (χ4n) is 6.84. The quantitative estimate of drug-likeness (QED) is 0.289. The molecule has 1 heterocycles. The van der Waals surface area contributed by atoms with E-state index in [4.69, 9.17) is 19.8 Å². The Bertz CT molecular complexity index is 1370. The number of nitrogens with one attached hydrogen (secondary N) is 1. The normalized spacial score (nSPS) is 20.4. The second-order valence-corrected chi connectivity index (χ2v) is 12.1. The first-order valence-electron chi connectivity index (χ1n) is 13.9. The van der Waals surface area contributed by atoms with Crippen LogP contribution in [-0.4, -0.2) is 53.8 Å². The van der Waals surface area contributed by atoms with Crippen LogP contribution in [0.25, 0.3) is 0 Å². The van der Waals surface area contributed by atoms with Crippen molar-refractivity contribution in [2.24, 2.45) is 10.8 Å². The summed E-state index contributed by atoms with van der Waals surface area (Å²) in [6, 6.07) is 10.4. The van der Waals surface area contributed by atoms with Crippen molar-refractivity contribution in [3.05, 3.63) is 58.7 Å². The number of hydrogen-bond donors (Lipinski definition) is 2. The number of halogens is 3. The van der Waals surface area contributed by atoms with Gasteiger partial charge in [-0.2, -0.15) is 18.4 Å². The monoisotopic (exact) mass is 587 g/mol. The highest BCUT2D eigenvalue weighted by atomic mass is 19.4. The maximum atomic E-state index is 13.5. The zero-order valence-electron chi connectivity index (χ0n) is 24.2. The van der Waals surface area contributed by atoms with Gasteiger partial charge < -0.3 is 24.8 Å². The van der Waals surface area contributed by atoms with E-state index in [9.17, 15) is 22.8 Å². The second-order valence-electron chi connectivity index (χ2n) is 12.1. The molecule has 0 atom stereocenters. The largest absolute Gasteiger partial charge is 0.489 e. The highest BCUT2D eigenvalue weighted by molar-refractivity contribution is 5.99. The maximum absolute atomic E-state index is 13.5. The number of carboxylic acids is 1. The van der Waals surface area contributed by atoms with E-state index >= 15 is 0 Å². The molecule has 1 aliphatic heterocycles. The highest BCUT2D eigenvalue weighted by Gasteiger charge is 2.67. The van der Waals surface area contributed by atoms with Gasteiger partial charge in [-0.05, 0) is 61.2 Å². The first-order chi connectivity index (χ1) is 19.7. The molecule has 4 rings (SSSR count). The summed E-state index contributed by atoms with van der Waals surface area (Å²) in [7, 11) is 0. The zero-order chi connectivity index (χ0) is 30.9. The van der Waals surface area contributed by atoms with Crippen molar-refractivity contribution in [3.63, 3.8) is 0 Å². The number of carboxylic acid groups (broad SMARTS) is 1. The van der Waals surface area contributed by atoms with Crippen LogP contribution in [0.5, 0.6) is 5.75 Å². The minimum Gasteiger partial charge on any atom is -0.489 e. The molecule has 0 saturated heterocycles. The summed E-state index contributed by atoms with van der Waals surface area (Å²) in [5.74, 6) is -1.03. The predicted molar refractivity (Wildman–Crippen MR) is 149 cm³/mol. The molecule has 2 aromatic carbocycles. The van der Waals surface area contributed by atoms with E-state index < -0.39 is 40.2 Å². The van der Waals surface area contributed by atoms with Crippen molar-refractivity contribution in [3.8, 4) is 11.8 Å². The summed E-state index contributed by atoms with van der Waals surface area (Å²) in [6.45, 7) is 9.09. The van der Waals surface area contributed by atoms with Crippen molar-refractivity contribution in [2.75, 3.05) is 25.1 Å². The molecule has 2 aromatic rings. The number of hydrogen-bond acceptors (Lipinski definition) is 6. The molecule has 226 valence electrons. The Morgan fingerprint density at radius 3 is 2.48 bits per heavy atom. The van der Waals surface area contributed by atoms with Crippen LogP contribution in [-0.2, 0) is 22.3 Å². The summed E-state index contributed by atoms with van der Waals surface area (Å²) in [4.78, 5) is 25.8. The number of nitrogens with zero attached hydrogens (tertiary/aromatic N) is 2. The van der Waals surface area contributed by atoms with Gasteiger partial charge in [0.15, 0.2) is 0 Å². The first kappa shape index (κ1) is 31.2. The SMILES string of the molecule is CC1(C)C(Oc2ccc(C#N)c(C(F)(F)F)c2)C(C)(C)C1N1Cc2cc(NCCCCCOCC(=O)O)ccc2C1=O. The van der Waals surface area contributed by atoms with Crippen LogP contribution in [0.4, 0.5) is 18.9 Å². The summed E-state index contributed by atoms with van der Waals surface area (Å²) in [6.07, 6.45) is -2.62. The molecule has 1 aliphatic carbocycles. The van der Waals surface area contributed by atoms with E-state index in [1.807, 2.05) is 50.8 Å². The van der Waals surface area contributed by atoms with Gasteiger partial charge in [0, 0.05) is 47.8 Å². The molecule has 1 amide bonds. The van der Waals surface area contributed by atoms with E-state index in [0.717, 1.165) is 49.2 Å². The molecule has 0 aromatic heterocycles. The van der Waals surface area contributed by atoms with Crippen LogP contribution < -0.4 is 10.1 Å². The number of aliphatic carboxylic acids is 1. The van der Waals surface area contributed by atoms with Crippen LogP contribution in [0.2, 0.25) is 0 Å². The van der Waals surface area contributed by atoms with E-state index in [-0.39, 0.29) is 24.3 Å². The number of carbonyl (C=O) groups is 2. The molecular formula is C31H36F3N3O5. The van der Waals surface area contributed by atoms with Gasteiger partial charge in [0.25, 0.3) is 5.91 Å². The number of fused-ring (bicyclic) bond motifs is 1. The molecule has 11 heteroatoms. The lowest BCUT2D eigenvalue weighted by Gasteiger charge is -2.65. The number of unbranched alkanes of at least 4 members (excludes halogenated alkanes) is 2. The lowest BCUT2D eigenvalue weighted by atomic mass is 9.49. The number of amides is 1. The van der Waals surface area contributed by atoms with Gasteiger partial charge in [-0.3, -0.25) is 4.79 Å². The molecule has 0 unspecified atom stereocenters. The number of rotatable bonds is 12. The Balaban J connectivity index is 1.39. The summed E-state index contributed by atoms with van der Waals surface area (Å²) >= 11 is 0. The van der Waals surface area contributed by atoms with Crippen LogP contribution in [0, 0.1) is 22.2 Å². The minimum absolute atomic E-state index is 0.0328. The van der Waals surface area contributed by atoms with Gasteiger partial charge in [0.1, 0.15) is 18.5 Å². The zero-order valence-corrected chi connectivity index (χ0v) is 24.2. The fraction of sp³-hybridized carbons (Fsp3) is 0.516. The van der Waals surface area contributed by atoms with E-state index in [0.29, 0.717) is 18.7 Å². The topological polar surface area (TPSA) is 112 Å². The number of carbonyl (C=O) groups excluding carboxylic acids is 1. The fourth-order valence-corrected chi connectivity index (χ4v) is 6.84. The van der Waals surface area contributed by atoms with Crippen LogP contribution in [0.1, 0.15) is 74.0 Å². The number of alkyl halides is 3. The number of nitriles is 1. The lowest BCUT2D eigenvalue weighted by molar-refractivity contribution is -0.199. The molecule has 0 radical (unpaired) electrons. The highest BCUT2D eigenvalue weighted by Crippen LogP contribution is 2.59. The molecular weight excluding hydrogens is 551 g/mol. The second kappa shape index (κ2) is 11.8. The van der Waals surface area contributed by atoms with Crippen LogP contribution in [0.3, 0.4) is 0 Å². The average Bonchev–Trinajstić information content (AvgIpc) is 3.21. The van der Waals surface area contributed by atoms with Gasteiger partial charge in [-0.25, -0.2) is 4.79 Å². The molecule has 1 fully saturated rings. The van der Waals surface area contributed by atoms with Gasteiger partial charge in [0.2, 0.25) is 0 Å². The molecule has 42 heavy (non-hydrogen) atoms. The Morgan fingerprint density at radius 1 is 1.12 bits per heavy atom. The van der Waals surface area contributed by atoms with Gasteiger partial charge >= 0.3 is 12.1 Å². The number of benzene rings is 2. The first-order valence-corrected chi connectivity index (χ1v) is 13.9. The lowest BCUT2D eigenvalue weighted by Crippen LogP contribution is -2.74. The maximum Gasteiger partial charge on any atom is 0.417 e. The third-order valence-electron chi connectivity index (χ3n) is 8.20. The summed E-state index contributed by atoms with van der Waals surface area (Å²) in [5.41, 5.74) is -0.185. The Kier molecular flexibility index (Phi) is 8.78. The van der Waals surface area contributed by atoms with Gasteiger partial charge in [0.05, 0.1) is 17.2 Å². The molecule has 8 nitrogen and oxygen atoms in total. The van der Waals surface area contributed by atoms with E-state index in [2.05, 4.69) is 5.32 Å². The van der Waals surface area contributed by atoms with Crippen molar-refractivity contribution in [1.82, 2.24) is 4.90 Å². The molecule has 2 aliphatic rings. The van der Waals surface area contributed by atoms with Crippen LogP contribution in [0.15, 0.2) is 36.4 Å². The van der Waals surface area contributed by atoms with Crippen molar-refractivity contribution in [1.29, 1.82) is 5.26 Å². The van der Waals surface area contributed by atoms with Crippen LogP contribution >= 0.6 is 0 Å². The molecule has 2 N–H and O–H groups in total. The smallest absolute Gasteiger partial charge is 0.417 e. The number of ether oxygens (including phenoxy) is 2.